The number of rotatable bonds is 0. The molecule has 4 nitrogen and oxygen atoms in total. The highest BCUT2D eigenvalue weighted by atomic mass is 79.9. The highest BCUT2D eigenvalue weighted by Gasteiger charge is 2.13. The van der Waals surface area contributed by atoms with Gasteiger partial charge >= 0.3 is 0 Å². The molecule has 0 radical (unpaired) electrons. The number of nitrogens with zero attached hydrogens (tertiary/aromatic N) is 3. The molecule has 0 amide bonds. The fraction of sp³-hybridized carbons (Fsp3) is 0.333. The molecular weight excluding hydrogens is 244 g/mol. The van der Waals surface area contributed by atoms with E-state index in [0.29, 0.717) is 0 Å². The van der Waals surface area contributed by atoms with E-state index in [0.717, 1.165) is 41.1 Å². The number of aromatic nitrogens is 3. The molecule has 0 bridgehead atoms. The van der Waals surface area contributed by atoms with Crippen LogP contribution in [-0.4, -0.2) is 21.1 Å². The normalized spacial score (nSPS) is 15.8. The second-order valence-electron chi connectivity index (χ2n) is 3.35. The number of pyridine rings is 1. The standard InChI is InChI=1S/C9H9BrN4/c10-8-3-6-7(4-12-8)14-2-1-11-5-9(14)13-6/h3-4,11H,1-2,5H2. The molecule has 3 heterocycles. The molecule has 0 saturated heterocycles. The summed E-state index contributed by atoms with van der Waals surface area (Å²) in [5.74, 6) is 1.10. The first kappa shape index (κ1) is 8.38. The number of nitrogens with one attached hydrogen (secondary N) is 1. The molecule has 1 aliphatic rings. The van der Waals surface area contributed by atoms with Gasteiger partial charge in [-0.25, -0.2) is 9.97 Å². The largest absolute Gasteiger partial charge is 0.324 e. The fourth-order valence-electron chi connectivity index (χ4n) is 1.82. The molecule has 0 atom stereocenters. The third-order valence-corrected chi connectivity index (χ3v) is 2.91. The number of imidazole rings is 1. The molecule has 0 spiro atoms. The molecular formula is C9H9BrN4. The van der Waals surface area contributed by atoms with Crippen molar-refractivity contribution in [2.75, 3.05) is 6.54 Å². The van der Waals surface area contributed by atoms with E-state index in [-0.39, 0.29) is 0 Å². The highest BCUT2D eigenvalue weighted by molar-refractivity contribution is 9.10. The number of hydrogen-bond donors (Lipinski definition) is 1. The summed E-state index contributed by atoms with van der Waals surface area (Å²) >= 11 is 3.35. The minimum atomic E-state index is 0.841. The Kier molecular flexibility index (Phi) is 1.81. The number of halogens is 1. The zero-order valence-electron chi connectivity index (χ0n) is 7.50. The Morgan fingerprint density at radius 1 is 1.50 bits per heavy atom. The number of hydrogen-bond acceptors (Lipinski definition) is 3. The summed E-state index contributed by atoms with van der Waals surface area (Å²) in [7, 11) is 0. The van der Waals surface area contributed by atoms with Crippen molar-refractivity contribution in [2.45, 2.75) is 13.1 Å². The second-order valence-corrected chi connectivity index (χ2v) is 4.16. The lowest BCUT2D eigenvalue weighted by atomic mass is 10.4. The first-order valence-corrected chi connectivity index (χ1v) is 5.35. The van der Waals surface area contributed by atoms with E-state index in [4.69, 9.17) is 0 Å². The Morgan fingerprint density at radius 2 is 2.43 bits per heavy atom. The van der Waals surface area contributed by atoms with Gasteiger partial charge < -0.3 is 9.88 Å². The minimum Gasteiger partial charge on any atom is -0.324 e. The molecule has 0 aromatic carbocycles. The highest BCUT2D eigenvalue weighted by Crippen LogP contribution is 2.19. The molecule has 0 fully saturated rings. The van der Waals surface area contributed by atoms with Crippen LogP contribution in [0.4, 0.5) is 0 Å². The summed E-state index contributed by atoms with van der Waals surface area (Å²) in [5.41, 5.74) is 2.15. The number of fused-ring (bicyclic) bond motifs is 3. The zero-order valence-corrected chi connectivity index (χ0v) is 9.08. The van der Waals surface area contributed by atoms with Crippen molar-refractivity contribution in [3.8, 4) is 0 Å². The van der Waals surface area contributed by atoms with Crippen LogP contribution in [0.25, 0.3) is 11.0 Å². The molecule has 5 heteroatoms. The molecule has 3 rings (SSSR count). The maximum absolute atomic E-state index is 4.54. The van der Waals surface area contributed by atoms with E-state index >= 15 is 0 Å². The van der Waals surface area contributed by atoms with Crippen molar-refractivity contribution >= 4 is 27.0 Å². The summed E-state index contributed by atoms with van der Waals surface area (Å²) in [6.45, 7) is 2.84. The molecule has 14 heavy (non-hydrogen) atoms. The van der Waals surface area contributed by atoms with Crippen LogP contribution < -0.4 is 5.32 Å². The van der Waals surface area contributed by atoms with Crippen molar-refractivity contribution in [1.82, 2.24) is 19.9 Å². The molecule has 1 aliphatic heterocycles. The van der Waals surface area contributed by atoms with Gasteiger partial charge in [0.1, 0.15) is 10.4 Å². The van der Waals surface area contributed by atoms with Gasteiger partial charge in [0.05, 0.1) is 23.8 Å². The van der Waals surface area contributed by atoms with E-state index in [9.17, 15) is 0 Å². The van der Waals surface area contributed by atoms with Gasteiger partial charge in [0, 0.05) is 13.1 Å². The van der Waals surface area contributed by atoms with E-state index in [1.165, 1.54) is 0 Å². The topological polar surface area (TPSA) is 42.7 Å². The summed E-state index contributed by atoms with van der Waals surface area (Å²) < 4.78 is 3.07. The van der Waals surface area contributed by atoms with Crippen molar-refractivity contribution in [1.29, 1.82) is 0 Å². The lowest BCUT2D eigenvalue weighted by Crippen LogP contribution is -2.28. The molecule has 0 aliphatic carbocycles. The van der Waals surface area contributed by atoms with Crippen LogP contribution in [0.1, 0.15) is 5.82 Å². The van der Waals surface area contributed by atoms with Gasteiger partial charge in [-0.05, 0) is 22.0 Å². The minimum absolute atomic E-state index is 0.841. The Labute approximate surface area is 89.5 Å². The van der Waals surface area contributed by atoms with Gasteiger partial charge in [-0.1, -0.05) is 0 Å². The van der Waals surface area contributed by atoms with Crippen LogP contribution in [0.3, 0.4) is 0 Å². The first-order chi connectivity index (χ1) is 6.84. The maximum atomic E-state index is 4.54. The van der Waals surface area contributed by atoms with E-state index in [1.807, 2.05) is 12.3 Å². The quantitative estimate of drug-likeness (QED) is 0.719. The van der Waals surface area contributed by atoms with E-state index < -0.39 is 0 Å². The van der Waals surface area contributed by atoms with Crippen molar-refractivity contribution < 1.29 is 0 Å². The van der Waals surface area contributed by atoms with Gasteiger partial charge in [-0.2, -0.15) is 0 Å². The lowest BCUT2D eigenvalue weighted by molar-refractivity contribution is 0.514. The van der Waals surface area contributed by atoms with Crippen molar-refractivity contribution in [2.24, 2.45) is 0 Å². The fourth-order valence-corrected chi connectivity index (χ4v) is 2.14. The molecule has 72 valence electrons. The van der Waals surface area contributed by atoms with Gasteiger partial charge in [0.25, 0.3) is 0 Å². The average molecular weight is 253 g/mol. The van der Waals surface area contributed by atoms with E-state index in [2.05, 4.69) is 35.8 Å². The van der Waals surface area contributed by atoms with Crippen LogP contribution in [0.2, 0.25) is 0 Å². The molecule has 2 aromatic rings. The van der Waals surface area contributed by atoms with Crippen LogP contribution in [0.5, 0.6) is 0 Å². The van der Waals surface area contributed by atoms with Gasteiger partial charge in [0.15, 0.2) is 0 Å². The Balaban J connectivity index is 2.31. The monoisotopic (exact) mass is 252 g/mol. The predicted octanol–water partition coefficient (Wildman–Crippen LogP) is 1.30. The summed E-state index contributed by atoms with van der Waals surface area (Å²) in [6.07, 6.45) is 1.88. The van der Waals surface area contributed by atoms with Crippen LogP contribution in [-0.2, 0) is 13.1 Å². The molecule has 1 N–H and O–H groups in total. The predicted molar refractivity (Wildman–Crippen MR) is 56.9 cm³/mol. The third-order valence-electron chi connectivity index (χ3n) is 2.48. The molecule has 0 unspecified atom stereocenters. The second kappa shape index (κ2) is 3.03. The van der Waals surface area contributed by atoms with Gasteiger partial charge in [-0.3, -0.25) is 0 Å². The van der Waals surface area contributed by atoms with Crippen molar-refractivity contribution in [3.63, 3.8) is 0 Å². The zero-order chi connectivity index (χ0) is 9.54. The van der Waals surface area contributed by atoms with E-state index in [1.54, 1.807) is 0 Å². The lowest BCUT2D eigenvalue weighted by Gasteiger charge is -2.15. The average Bonchev–Trinajstić information content (AvgIpc) is 2.54. The summed E-state index contributed by atoms with van der Waals surface area (Å²) in [6, 6.07) is 1.96. The van der Waals surface area contributed by atoms with Crippen molar-refractivity contribution in [3.05, 3.63) is 22.7 Å². The van der Waals surface area contributed by atoms with Gasteiger partial charge in [-0.15, -0.1) is 0 Å². The maximum Gasteiger partial charge on any atom is 0.123 e. The third kappa shape index (κ3) is 1.16. The Bertz CT molecular complexity index is 491. The summed E-state index contributed by atoms with van der Waals surface area (Å²) in [4.78, 5) is 8.77. The molecule has 2 aromatic heterocycles. The molecule has 0 saturated carbocycles. The Morgan fingerprint density at radius 3 is 3.36 bits per heavy atom. The van der Waals surface area contributed by atoms with Crippen LogP contribution >= 0.6 is 15.9 Å². The van der Waals surface area contributed by atoms with Crippen LogP contribution in [0.15, 0.2) is 16.9 Å². The SMILES string of the molecule is Brc1cc2nc3n(c2cn1)CCNC3. The Hall–Kier alpha value is -0.940. The van der Waals surface area contributed by atoms with Gasteiger partial charge in [0.2, 0.25) is 0 Å². The summed E-state index contributed by atoms with van der Waals surface area (Å²) in [5, 5.41) is 3.30. The first-order valence-electron chi connectivity index (χ1n) is 4.56. The van der Waals surface area contributed by atoms with Crippen LogP contribution in [0, 0.1) is 0 Å². The smallest absolute Gasteiger partial charge is 0.123 e.